The second-order valence-electron chi connectivity index (χ2n) is 19.0. The molecule has 14 heteroatoms. The number of hydrogen-bond acceptors (Lipinski definition) is 11. The Morgan fingerprint density at radius 2 is 1.39 bits per heavy atom. The van der Waals surface area contributed by atoms with Crippen LogP contribution in [0.1, 0.15) is 97.5 Å². The summed E-state index contributed by atoms with van der Waals surface area (Å²) in [4.78, 5) is 82.2. The lowest BCUT2D eigenvalue weighted by Crippen LogP contribution is -2.58. The highest BCUT2D eigenvalue weighted by molar-refractivity contribution is 6.25. The largest absolute Gasteiger partial charge is 0.497 e. The zero-order chi connectivity index (χ0) is 50.5. The number of likely N-dealkylation sites (tertiary alicyclic amines) is 1. The van der Waals surface area contributed by atoms with E-state index in [2.05, 4.69) is 17.2 Å². The van der Waals surface area contributed by atoms with E-state index in [1.807, 2.05) is 83.8 Å². The minimum absolute atomic E-state index is 0.0279. The second kappa shape index (κ2) is 21.5. The zero-order valence-corrected chi connectivity index (χ0v) is 41.0. The lowest BCUT2D eigenvalue weighted by molar-refractivity contribution is -0.179. The molecule has 0 radical (unpaired) electrons. The quantitative estimate of drug-likeness (QED) is 0.0980. The first-order valence-electron chi connectivity index (χ1n) is 24.8. The first kappa shape index (κ1) is 49.5. The Kier molecular flexibility index (Phi) is 14.8. The van der Waals surface area contributed by atoms with E-state index >= 15 is 19.2 Å². The fraction of sp³-hybridized carbons (Fsp3) is 0.362. The molecular weight excluding hydrogens is 913 g/mol. The van der Waals surface area contributed by atoms with E-state index in [0.717, 1.165) is 42.6 Å². The number of ether oxygens (including phenoxy) is 4. The van der Waals surface area contributed by atoms with Gasteiger partial charge in [-0.2, -0.15) is 0 Å². The van der Waals surface area contributed by atoms with Gasteiger partial charge in [-0.1, -0.05) is 118 Å². The molecule has 9 rings (SSSR count). The van der Waals surface area contributed by atoms with Gasteiger partial charge in [-0.05, 0) is 95.6 Å². The van der Waals surface area contributed by atoms with Gasteiger partial charge in [0.05, 0.1) is 44.5 Å². The van der Waals surface area contributed by atoms with Crippen LogP contribution in [0.3, 0.4) is 0 Å². The second-order valence-corrected chi connectivity index (χ2v) is 19.0. The van der Waals surface area contributed by atoms with Crippen LogP contribution in [-0.2, 0) is 34.1 Å². The van der Waals surface area contributed by atoms with Crippen LogP contribution in [0.25, 0.3) is 0 Å². The number of carbonyl (C=O) groups is 5. The number of nitrogens with zero attached hydrogens (tertiary/aromatic N) is 3. The summed E-state index contributed by atoms with van der Waals surface area (Å²) in [5.41, 5.74) is 1.52. The molecule has 0 saturated carbocycles. The molecule has 4 heterocycles. The summed E-state index contributed by atoms with van der Waals surface area (Å²) in [5, 5.41) is 12.7. The molecule has 372 valence electrons. The van der Waals surface area contributed by atoms with Gasteiger partial charge in [0.15, 0.2) is 0 Å². The van der Waals surface area contributed by atoms with Crippen molar-refractivity contribution >= 4 is 35.5 Å². The van der Waals surface area contributed by atoms with Crippen LogP contribution < -0.4 is 19.7 Å². The van der Waals surface area contributed by atoms with Gasteiger partial charge in [0, 0.05) is 24.2 Å². The van der Waals surface area contributed by atoms with Crippen molar-refractivity contribution in [1.82, 2.24) is 15.1 Å². The first-order chi connectivity index (χ1) is 35.0. The number of imide groups is 1. The Morgan fingerprint density at radius 3 is 2.04 bits per heavy atom. The van der Waals surface area contributed by atoms with E-state index < -0.39 is 77.3 Å². The van der Waals surface area contributed by atoms with Gasteiger partial charge < -0.3 is 34.3 Å². The maximum Gasteiger partial charge on any atom is 0.329 e. The Labute approximate surface area is 420 Å². The molecule has 72 heavy (non-hydrogen) atoms. The molecule has 5 aromatic carbocycles. The molecule has 4 aliphatic heterocycles. The van der Waals surface area contributed by atoms with Crippen LogP contribution in [0, 0.1) is 23.7 Å². The number of esters is 2. The standard InChI is InChI=1S/C58H60N4O10/c1-37(2)48(54(65)70-4)59-57(68)61-46-30-27-39(24-23-38-25-28-43(69-3)29-26-38)35-45(46)58(56(61)67)47(53(64)60-31-14-6-5-7-15-32-60)50-55(66)72-51(41-19-12-9-13-20-41)49(40-17-10-8-11-18-40)62(50)52(58)42-21-16-22-44(36-42)71-34-33-63/h8-13,16-22,25-30,35-37,47-52,63H,5-7,14-15,31-34H2,1-4H3,(H,59,68)/t47-,48+,49-,50-,51+,52+,58-/m1/s1. The molecule has 3 fully saturated rings. The SMILES string of the molecule is COC(=O)[C@@H](NC(=O)N1C(=O)[C@@]2(c3cc(C#Cc4ccc(OC)cc4)ccc31)[C@H](c1cccc(OCCO)c1)N1[C@H](c3ccccc3)[C@H](c3ccccc3)OC(=O)[C@H]1[C@@H]2C(=O)N1CCCCCCC1)C(C)C. The normalized spacial score (nSPS) is 23.2. The molecule has 0 bridgehead atoms. The summed E-state index contributed by atoms with van der Waals surface area (Å²) in [6, 6.07) is 33.1. The van der Waals surface area contributed by atoms with E-state index in [0.29, 0.717) is 52.4 Å². The molecule has 0 unspecified atom stereocenters. The number of morpholine rings is 1. The van der Waals surface area contributed by atoms with Crippen molar-refractivity contribution in [2.75, 3.05) is 45.4 Å². The van der Waals surface area contributed by atoms with Crippen LogP contribution in [0.5, 0.6) is 11.5 Å². The van der Waals surface area contributed by atoms with Gasteiger partial charge in [0.1, 0.15) is 41.7 Å². The van der Waals surface area contributed by atoms with Crippen LogP contribution >= 0.6 is 0 Å². The van der Waals surface area contributed by atoms with Crippen molar-refractivity contribution in [3.63, 3.8) is 0 Å². The third-order valence-corrected chi connectivity index (χ3v) is 14.5. The third kappa shape index (κ3) is 9.19. The number of rotatable bonds is 11. The summed E-state index contributed by atoms with van der Waals surface area (Å²) in [5.74, 6) is 3.03. The molecule has 7 atom stereocenters. The Bertz CT molecular complexity index is 2860. The van der Waals surface area contributed by atoms with Crippen LogP contribution in [-0.4, -0.2) is 97.3 Å². The first-order valence-corrected chi connectivity index (χ1v) is 24.8. The van der Waals surface area contributed by atoms with Crippen molar-refractivity contribution in [3.8, 4) is 23.3 Å². The average molecular weight is 973 g/mol. The number of methoxy groups -OCH3 is 2. The Balaban J connectivity index is 1.37. The summed E-state index contributed by atoms with van der Waals surface area (Å²) < 4.78 is 23.2. The number of benzene rings is 5. The molecular formula is C58H60N4O10. The minimum atomic E-state index is -2.06. The number of aliphatic hydroxyl groups excluding tert-OH is 1. The molecule has 4 aliphatic rings. The highest BCUT2D eigenvalue weighted by Gasteiger charge is 2.76. The maximum absolute atomic E-state index is 16.9. The highest BCUT2D eigenvalue weighted by atomic mass is 16.6. The monoisotopic (exact) mass is 972 g/mol. The Morgan fingerprint density at radius 1 is 0.750 bits per heavy atom. The van der Waals surface area contributed by atoms with Gasteiger partial charge in [-0.25, -0.2) is 14.5 Å². The maximum atomic E-state index is 16.9. The van der Waals surface area contributed by atoms with Crippen LogP contribution in [0.2, 0.25) is 0 Å². The van der Waals surface area contributed by atoms with E-state index in [4.69, 9.17) is 18.9 Å². The molecule has 0 aromatic heterocycles. The van der Waals surface area contributed by atoms with Crippen molar-refractivity contribution in [2.45, 2.75) is 81.6 Å². The number of hydrogen-bond donors (Lipinski definition) is 2. The van der Waals surface area contributed by atoms with Gasteiger partial charge in [-0.15, -0.1) is 0 Å². The number of urea groups is 1. The van der Waals surface area contributed by atoms with Crippen molar-refractivity contribution < 1.29 is 48.0 Å². The number of anilines is 1. The van der Waals surface area contributed by atoms with E-state index in [9.17, 15) is 9.90 Å². The van der Waals surface area contributed by atoms with Gasteiger partial charge >= 0.3 is 18.0 Å². The van der Waals surface area contributed by atoms with E-state index in [-0.39, 0.29) is 18.9 Å². The molecule has 14 nitrogen and oxygen atoms in total. The fourth-order valence-corrected chi connectivity index (χ4v) is 11.2. The summed E-state index contributed by atoms with van der Waals surface area (Å²) in [6.45, 7) is 4.00. The smallest absolute Gasteiger partial charge is 0.329 e. The average Bonchev–Trinajstić information content (AvgIpc) is 3.85. The highest BCUT2D eigenvalue weighted by Crippen LogP contribution is 2.66. The lowest BCUT2D eigenvalue weighted by atomic mass is 9.64. The summed E-state index contributed by atoms with van der Waals surface area (Å²) in [7, 11) is 2.81. The predicted octanol–water partition coefficient (Wildman–Crippen LogP) is 7.83. The van der Waals surface area contributed by atoms with Crippen molar-refractivity contribution in [1.29, 1.82) is 0 Å². The van der Waals surface area contributed by atoms with Crippen molar-refractivity contribution in [3.05, 3.63) is 161 Å². The number of cyclic esters (lactones) is 1. The number of carbonyl (C=O) groups excluding carboxylic acids is 5. The van der Waals surface area contributed by atoms with Crippen LogP contribution in [0.4, 0.5) is 10.5 Å². The number of aliphatic hydroxyl groups is 1. The minimum Gasteiger partial charge on any atom is -0.497 e. The van der Waals surface area contributed by atoms with Crippen LogP contribution in [0.15, 0.2) is 127 Å². The molecule has 2 N–H and O–H groups in total. The number of fused-ring (bicyclic) bond motifs is 3. The topological polar surface area (TPSA) is 164 Å². The molecule has 5 aromatic rings. The van der Waals surface area contributed by atoms with Gasteiger partial charge in [-0.3, -0.25) is 19.3 Å². The third-order valence-electron chi connectivity index (χ3n) is 14.5. The summed E-state index contributed by atoms with van der Waals surface area (Å²) >= 11 is 0. The van der Waals surface area contributed by atoms with E-state index in [1.54, 1.807) is 74.4 Å². The van der Waals surface area contributed by atoms with E-state index in [1.165, 1.54) is 7.11 Å². The number of amides is 4. The zero-order valence-electron chi connectivity index (χ0n) is 41.0. The molecule has 3 saturated heterocycles. The van der Waals surface area contributed by atoms with Crippen molar-refractivity contribution in [2.24, 2.45) is 11.8 Å². The summed E-state index contributed by atoms with van der Waals surface area (Å²) in [6.07, 6.45) is 3.33. The molecule has 4 amide bonds. The lowest BCUT2D eigenvalue weighted by Gasteiger charge is -2.46. The van der Waals surface area contributed by atoms with Gasteiger partial charge in [0.2, 0.25) is 11.8 Å². The molecule has 1 spiro atoms. The number of nitrogens with one attached hydrogen (secondary N) is 1. The predicted molar refractivity (Wildman–Crippen MR) is 269 cm³/mol. The van der Waals surface area contributed by atoms with Gasteiger partial charge in [0.25, 0.3) is 0 Å². The molecule has 0 aliphatic carbocycles. The Hall–Kier alpha value is -7.47. The fourth-order valence-electron chi connectivity index (χ4n) is 11.2.